The second-order valence-electron chi connectivity index (χ2n) is 6.12. The summed E-state index contributed by atoms with van der Waals surface area (Å²) in [7, 11) is 0. The van der Waals surface area contributed by atoms with E-state index in [0.717, 1.165) is 17.2 Å². The first-order chi connectivity index (χ1) is 7.50. The maximum Gasteiger partial charge on any atom is 0.00743 e. The first-order valence-corrected chi connectivity index (χ1v) is 7.91. The second kappa shape index (κ2) is 6.39. The highest BCUT2D eigenvalue weighted by Crippen LogP contribution is 2.34. The first kappa shape index (κ1) is 14.5. The summed E-state index contributed by atoms with van der Waals surface area (Å²) in [6.07, 6.45) is 4.11. The Hall–Kier alpha value is 0.440. The lowest BCUT2D eigenvalue weighted by Crippen LogP contribution is -2.41. The fraction of sp³-hybridized carbons (Fsp3) is 1.00. The van der Waals surface area contributed by atoms with Crippen LogP contribution in [0.1, 0.15) is 47.0 Å². The van der Waals surface area contributed by atoms with Gasteiger partial charge in [0.2, 0.25) is 0 Å². The molecule has 16 heavy (non-hydrogen) atoms. The molecule has 0 radical (unpaired) electrons. The minimum absolute atomic E-state index is 0.623. The van der Waals surface area contributed by atoms with Crippen LogP contribution in [0.4, 0.5) is 0 Å². The van der Waals surface area contributed by atoms with Crippen LogP contribution < -0.4 is 0 Å². The summed E-state index contributed by atoms with van der Waals surface area (Å²) in [4.78, 5) is 2.67. The molecule has 96 valence electrons. The molecule has 1 rings (SSSR count). The standard InChI is InChI=1S/C14H28BrN/c1-5-14(4)6-8-16(9-7-14)11-13(10-15)12(2)3/h12-13H,5-11H2,1-4H3. The Morgan fingerprint density at radius 2 is 1.81 bits per heavy atom. The van der Waals surface area contributed by atoms with Crippen LogP contribution >= 0.6 is 15.9 Å². The van der Waals surface area contributed by atoms with Crippen LogP contribution in [0.3, 0.4) is 0 Å². The van der Waals surface area contributed by atoms with E-state index in [9.17, 15) is 0 Å². The Kier molecular flexibility index (Phi) is 5.79. The monoisotopic (exact) mass is 289 g/mol. The van der Waals surface area contributed by atoms with Gasteiger partial charge in [-0.25, -0.2) is 0 Å². The van der Waals surface area contributed by atoms with Crippen LogP contribution in [0.25, 0.3) is 0 Å². The molecule has 2 heteroatoms. The quantitative estimate of drug-likeness (QED) is 0.687. The SMILES string of the molecule is CCC1(C)CCN(CC(CBr)C(C)C)CC1. The predicted octanol–water partition coefficient (Wildman–Crippen LogP) is 4.17. The highest BCUT2D eigenvalue weighted by molar-refractivity contribution is 9.09. The van der Waals surface area contributed by atoms with Crippen LogP contribution in [0.5, 0.6) is 0 Å². The van der Waals surface area contributed by atoms with Gasteiger partial charge in [-0.1, -0.05) is 50.0 Å². The molecular formula is C14H28BrN. The summed E-state index contributed by atoms with van der Waals surface area (Å²) in [5.74, 6) is 1.60. The summed E-state index contributed by atoms with van der Waals surface area (Å²) in [5.41, 5.74) is 0.623. The molecule has 1 saturated heterocycles. The number of likely N-dealkylation sites (tertiary alicyclic amines) is 1. The molecule has 1 atom stereocenters. The molecule has 1 nitrogen and oxygen atoms in total. The predicted molar refractivity (Wildman–Crippen MR) is 76.2 cm³/mol. The number of nitrogens with zero attached hydrogens (tertiary/aromatic N) is 1. The van der Waals surface area contributed by atoms with E-state index in [4.69, 9.17) is 0 Å². The molecule has 1 unspecified atom stereocenters. The van der Waals surface area contributed by atoms with Crippen molar-refractivity contribution in [1.29, 1.82) is 0 Å². The zero-order chi connectivity index (χ0) is 12.2. The van der Waals surface area contributed by atoms with Gasteiger partial charge in [0, 0.05) is 11.9 Å². The van der Waals surface area contributed by atoms with Crippen LogP contribution in [-0.4, -0.2) is 29.9 Å². The minimum atomic E-state index is 0.623. The van der Waals surface area contributed by atoms with E-state index in [-0.39, 0.29) is 0 Å². The number of halogens is 1. The van der Waals surface area contributed by atoms with E-state index in [2.05, 4.69) is 48.5 Å². The molecule has 0 saturated carbocycles. The lowest BCUT2D eigenvalue weighted by Gasteiger charge is -2.40. The summed E-state index contributed by atoms with van der Waals surface area (Å²) in [6.45, 7) is 13.4. The third kappa shape index (κ3) is 4.03. The average Bonchev–Trinajstić information content (AvgIpc) is 2.28. The normalized spacial score (nSPS) is 23.6. The fourth-order valence-electron chi connectivity index (χ4n) is 2.40. The molecule has 0 aromatic rings. The van der Waals surface area contributed by atoms with Gasteiger partial charge in [-0.3, -0.25) is 0 Å². The first-order valence-electron chi connectivity index (χ1n) is 6.79. The minimum Gasteiger partial charge on any atom is -0.303 e. The summed E-state index contributed by atoms with van der Waals surface area (Å²) >= 11 is 3.65. The van der Waals surface area contributed by atoms with Crippen molar-refractivity contribution >= 4 is 15.9 Å². The third-order valence-corrected chi connectivity index (χ3v) is 5.38. The molecular weight excluding hydrogens is 262 g/mol. The van der Waals surface area contributed by atoms with Crippen molar-refractivity contribution in [3.05, 3.63) is 0 Å². The lowest BCUT2D eigenvalue weighted by molar-refractivity contribution is 0.0977. The Bertz CT molecular complexity index is 195. The molecule has 0 bridgehead atoms. The Balaban J connectivity index is 2.36. The highest BCUT2D eigenvalue weighted by atomic mass is 79.9. The molecule has 1 fully saturated rings. The maximum atomic E-state index is 3.65. The average molecular weight is 290 g/mol. The Morgan fingerprint density at radius 1 is 1.25 bits per heavy atom. The molecule has 0 aromatic heterocycles. The zero-order valence-corrected chi connectivity index (χ0v) is 13.0. The highest BCUT2D eigenvalue weighted by Gasteiger charge is 2.29. The van der Waals surface area contributed by atoms with Crippen molar-refractivity contribution in [3.8, 4) is 0 Å². The van der Waals surface area contributed by atoms with Gasteiger partial charge in [-0.15, -0.1) is 0 Å². The van der Waals surface area contributed by atoms with Gasteiger partial charge in [0.1, 0.15) is 0 Å². The smallest absolute Gasteiger partial charge is 0.00743 e. The molecule has 0 N–H and O–H groups in total. The van der Waals surface area contributed by atoms with Gasteiger partial charge in [-0.05, 0) is 43.2 Å². The zero-order valence-electron chi connectivity index (χ0n) is 11.4. The van der Waals surface area contributed by atoms with Gasteiger partial charge in [0.05, 0.1) is 0 Å². The topological polar surface area (TPSA) is 3.24 Å². The van der Waals surface area contributed by atoms with Gasteiger partial charge in [0.15, 0.2) is 0 Å². The summed E-state index contributed by atoms with van der Waals surface area (Å²) in [6, 6.07) is 0. The van der Waals surface area contributed by atoms with E-state index in [1.165, 1.54) is 38.9 Å². The molecule has 0 aromatic carbocycles. The van der Waals surface area contributed by atoms with E-state index in [1.54, 1.807) is 0 Å². The number of piperidine rings is 1. The molecule has 1 aliphatic rings. The number of alkyl halides is 1. The largest absolute Gasteiger partial charge is 0.303 e. The van der Waals surface area contributed by atoms with Crippen molar-refractivity contribution < 1.29 is 0 Å². The van der Waals surface area contributed by atoms with Gasteiger partial charge in [-0.2, -0.15) is 0 Å². The van der Waals surface area contributed by atoms with Crippen LogP contribution in [0.2, 0.25) is 0 Å². The van der Waals surface area contributed by atoms with E-state index in [1.807, 2.05) is 0 Å². The van der Waals surface area contributed by atoms with Gasteiger partial charge in [0.25, 0.3) is 0 Å². The van der Waals surface area contributed by atoms with Crippen molar-refractivity contribution in [1.82, 2.24) is 4.90 Å². The van der Waals surface area contributed by atoms with Crippen molar-refractivity contribution in [2.24, 2.45) is 17.3 Å². The summed E-state index contributed by atoms with van der Waals surface area (Å²) in [5, 5.41) is 1.15. The number of hydrogen-bond acceptors (Lipinski definition) is 1. The van der Waals surface area contributed by atoms with Crippen molar-refractivity contribution in [2.75, 3.05) is 25.0 Å². The maximum absolute atomic E-state index is 3.65. The van der Waals surface area contributed by atoms with E-state index in [0.29, 0.717) is 5.41 Å². The van der Waals surface area contributed by atoms with Crippen LogP contribution in [0.15, 0.2) is 0 Å². The Labute approximate surface area is 110 Å². The fourth-order valence-corrected chi connectivity index (χ4v) is 3.35. The molecule has 0 spiro atoms. The molecule has 1 heterocycles. The van der Waals surface area contributed by atoms with E-state index >= 15 is 0 Å². The molecule has 0 amide bonds. The van der Waals surface area contributed by atoms with Gasteiger partial charge < -0.3 is 4.90 Å². The summed E-state index contributed by atoms with van der Waals surface area (Å²) < 4.78 is 0. The van der Waals surface area contributed by atoms with Crippen LogP contribution in [-0.2, 0) is 0 Å². The molecule has 1 aliphatic heterocycles. The third-order valence-electron chi connectivity index (χ3n) is 4.55. The molecule has 0 aliphatic carbocycles. The number of rotatable bonds is 5. The van der Waals surface area contributed by atoms with Crippen molar-refractivity contribution in [3.63, 3.8) is 0 Å². The second-order valence-corrected chi connectivity index (χ2v) is 6.77. The van der Waals surface area contributed by atoms with E-state index < -0.39 is 0 Å². The van der Waals surface area contributed by atoms with Gasteiger partial charge >= 0.3 is 0 Å². The lowest BCUT2D eigenvalue weighted by atomic mass is 9.78. The Morgan fingerprint density at radius 3 is 2.19 bits per heavy atom. The number of hydrogen-bond donors (Lipinski definition) is 0. The van der Waals surface area contributed by atoms with Crippen molar-refractivity contribution in [2.45, 2.75) is 47.0 Å². The van der Waals surface area contributed by atoms with Crippen LogP contribution in [0, 0.1) is 17.3 Å².